The Hall–Kier alpha value is -2.95. The normalized spacial score (nSPS) is 14.3. The fraction of sp³-hybridized carbons (Fsp3) is 0.211. The Morgan fingerprint density at radius 1 is 1.21 bits per heavy atom. The molecule has 1 N–H and O–H groups in total. The first-order valence-electron chi connectivity index (χ1n) is 7.97. The third kappa shape index (κ3) is 4.29. The van der Waals surface area contributed by atoms with E-state index in [2.05, 4.69) is 10.3 Å². The molecule has 1 aromatic heterocycles. The standard InChI is InChI=1S/C19H19N3O2/c23-18(14-22-12-4-8-19(22)24)21-17-7-3-5-15(13-17)9-10-16-6-1-2-11-20-16/h1-3,5-7,9-11,13H,4,8,12,14H2,(H,21,23). The Labute approximate surface area is 141 Å². The SMILES string of the molecule is O=C(CN1CCCC1=O)Nc1cccc(C=Cc2ccccn2)c1. The minimum atomic E-state index is -0.170. The van der Waals surface area contributed by atoms with Crippen LogP contribution in [0.1, 0.15) is 24.1 Å². The zero-order valence-corrected chi connectivity index (χ0v) is 13.3. The molecule has 5 nitrogen and oxygen atoms in total. The van der Waals surface area contributed by atoms with Crippen LogP contribution in [0.2, 0.25) is 0 Å². The van der Waals surface area contributed by atoms with Gasteiger partial charge in [0.25, 0.3) is 0 Å². The van der Waals surface area contributed by atoms with Gasteiger partial charge >= 0.3 is 0 Å². The molecule has 0 bridgehead atoms. The van der Waals surface area contributed by atoms with E-state index < -0.39 is 0 Å². The minimum absolute atomic E-state index is 0.0530. The van der Waals surface area contributed by atoms with Gasteiger partial charge in [-0.1, -0.05) is 24.3 Å². The predicted molar refractivity (Wildman–Crippen MR) is 94.1 cm³/mol. The van der Waals surface area contributed by atoms with Gasteiger partial charge < -0.3 is 10.2 Å². The summed E-state index contributed by atoms with van der Waals surface area (Å²) in [6.07, 6.45) is 6.99. The highest BCUT2D eigenvalue weighted by atomic mass is 16.2. The van der Waals surface area contributed by atoms with Gasteiger partial charge in [-0.2, -0.15) is 0 Å². The van der Waals surface area contributed by atoms with Crippen molar-refractivity contribution >= 4 is 29.7 Å². The van der Waals surface area contributed by atoms with Crippen molar-refractivity contribution in [3.8, 4) is 0 Å². The van der Waals surface area contributed by atoms with Gasteiger partial charge in [0.2, 0.25) is 11.8 Å². The highest BCUT2D eigenvalue weighted by Gasteiger charge is 2.22. The van der Waals surface area contributed by atoms with E-state index in [1.54, 1.807) is 11.1 Å². The van der Waals surface area contributed by atoms with Crippen molar-refractivity contribution in [2.75, 3.05) is 18.4 Å². The molecule has 3 rings (SSSR count). The number of pyridine rings is 1. The van der Waals surface area contributed by atoms with E-state index in [1.165, 1.54) is 0 Å². The maximum atomic E-state index is 12.1. The number of hydrogen-bond acceptors (Lipinski definition) is 3. The highest BCUT2D eigenvalue weighted by Crippen LogP contribution is 2.14. The van der Waals surface area contributed by atoms with Gasteiger partial charge in [0.1, 0.15) is 0 Å². The molecule has 1 fully saturated rings. The molecule has 0 radical (unpaired) electrons. The number of nitrogens with one attached hydrogen (secondary N) is 1. The van der Waals surface area contributed by atoms with Crippen LogP contribution in [0.4, 0.5) is 5.69 Å². The lowest BCUT2D eigenvalue weighted by molar-refractivity contribution is -0.131. The van der Waals surface area contributed by atoms with Crippen molar-refractivity contribution in [2.45, 2.75) is 12.8 Å². The van der Waals surface area contributed by atoms with Crippen molar-refractivity contribution in [1.29, 1.82) is 0 Å². The number of aromatic nitrogens is 1. The molecular weight excluding hydrogens is 302 g/mol. The molecule has 0 aliphatic carbocycles. The van der Waals surface area contributed by atoms with Crippen LogP contribution in [0, 0.1) is 0 Å². The van der Waals surface area contributed by atoms with Gasteiger partial charge in [-0.3, -0.25) is 14.6 Å². The van der Waals surface area contributed by atoms with Crippen LogP contribution < -0.4 is 5.32 Å². The van der Waals surface area contributed by atoms with Crippen LogP contribution in [0.25, 0.3) is 12.2 Å². The maximum absolute atomic E-state index is 12.1. The molecular formula is C19H19N3O2. The van der Waals surface area contributed by atoms with Gasteiger partial charge in [-0.05, 0) is 42.3 Å². The predicted octanol–water partition coefficient (Wildman–Crippen LogP) is 2.81. The van der Waals surface area contributed by atoms with Crippen LogP contribution in [0.5, 0.6) is 0 Å². The van der Waals surface area contributed by atoms with E-state index in [-0.39, 0.29) is 18.4 Å². The van der Waals surface area contributed by atoms with E-state index in [4.69, 9.17) is 0 Å². The van der Waals surface area contributed by atoms with Crippen molar-refractivity contribution < 1.29 is 9.59 Å². The molecule has 0 atom stereocenters. The molecule has 1 aliphatic heterocycles. The van der Waals surface area contributed by atoms with Gasteiger partial charge in [-0.15, -0.1) is 0 Å². The average Bonchev–Trinajstić information content (AvgIpc) is 2.99. The van der Waals surface area contributed by atoms with Crippen molar-refractivity contribution in [3.63, 3.8) is 0 Å². The number of benzene rings is 1. The van der Waals surface area contributed by atoms with Crippen LogP contribution >= 0.6 is 0 Å². The Balaban J connectivity index is 1.61. The third-order valence-electron chi connectivity index (χ3n) is 3.81. The monoisotopic (exact) mass is 321 g/mol. The Kier molecular flexibility index (Phi) is 5.01. The van der Waals surface area contributed by atoms with Gasteiger partial charge in [0.05, 0.1) is 12.2 Å². The summed E-state index contributed by atoms with van der Waals surface area (Å²) in [6, 6.07) is 13.3. The third-order valence-corrected chi connectivity index (χ3v) is 3.81. The Morgan fingerprint density at radius 3 is 2.88 bits per heavy atom. The van der Waals surface area contributed by atoms with Gasteiger partial charge in [0, 0.05) is 24.8 Å². The number of carbonyl (C=O) groups is 2. The van der Waals surface area contributed by atoms with Crippen LogP contribution in [-0.2, 0) is 9.59 Å². The fourth-order valence-electron chi connectivity index (χ4n) is 2.62. The highest BCUT2D eigenvalue weighted by molar-refractivity contribution is 5.95. The van der Waals surface area contributed by atoms with E-state index in [0.717, 1.165) is 23.4 Å². The first kappa shape index (κ1) is 15.9. The number of hydrogen-bond donors (Lipinski definition) is 1. The molecule has 1 aromatic carbocycles. The molecule has 2 heterocycles. The second kappa shape index (κ2) is 7.55. The number of nitrogens with zero attached hydrogens (tertiary/aromatic N) is 2. The minimum Gasteiger partial charge on any atom is -0.333 e. The summed E-state index contributed by atoms with van der Waals surface area (Å²) in [4.78, 5) is 29.5. The second-order valence-electron chi connectivity index (χ2n) is 5.68. The van der Waals surface area contributed by atoms with E-state index in [1.807, 2.05) is 54.6 Å². The zero-order chi connectivity index (χ0) is 16.8. The maximum Gasteiger partial charge on any atom is 0.243 e. The summed E-state index contributed by atoms with van der Waals surface area (Å²) >= 11 is 0. The quantitative estimate of drug-likeness (QED) is 0.921. The van der Waals surface area contributed by atoms with Crippen LogP contribution in [-0.4, -0.2) is 34.8 Å². The molecule has 2 aromatic rings. The van der Waals surface area contributed by atoms with E-state index in [0.29, 0.717) is 13.0 Å². The second-order valence-corrected chi connectivity index (χ2v) is 5.68. The average molecular weight is 321 g/mol. The van der Waals surface area contributed by atoms with Crippen molar-refractivity contribution in [2.24, 2.45) is 0 Å². The van der Waals surface area contributed by atoms with Crippen LogP contribution in [0.3, 0.4) is 0 Å². The largest absolute Gasteiger partial charge is 0.333 e. The molecule has 5 heteroatoms. The molecule has 1 aliphatic rings. The zero-order valence-electron chi connectivity index (χ0n) is 13.3. The van der Waals surface area contributed by atoms with Gasteiger partial charge in [0.15, 0.2) is 0 Å². The summed E-state index contributed by atoms with van der Waals surface area (Å²) in [5, 5.41) is 2.85. The molecule has 2 amide bonds. The first-order chi connectivity index (χ1) is 11.7. The van der Waals surface area contributed by atoms with Gasteiger partial charge in [-0.25, -0.2) is 0 Å². The smallest absolute Gasteiger partial charge is 0.243 e. The van der Waals surface area contributed by atoms with Crippen LogP contribution in [0.15, 0.2) is 48.7 Å². The molecule has 1 saturated heterocycles. The van der Waals surface area contributed by atoms with Crippen molar-refractivity contribution in [1.82, 2.24) is 9.88 Å². The van der Waals surface area contributed by atoms with E-state index in [9.17, 15) is 9.59 Å². The summed E-state index contributed by atoms with van der Waals surface area (Å²) in [7, 11) is 0. The number of anilines is 1. The summed E-state index contributed by atoms with van der Waals surface area (Å²) < 4.78 is 0. The summed E-state index contributed by atoms with van der Waals surface area (Å²) in [5.41, 5.74) is 2.56. The molecule has 0 saturated carbocycles. The van der Waals surface area contributed by atoms with Crippen molar-refractivity contribution in [3.05, 3.63) is 59.9 Å². The van der Waals surface area contributed by atoms with E-state index >= 15 is 0 Å². The lowest BCUT2D eigenvalue weighted by Gasteiger charge is -2.15. The summed E-state index contributed by atoms with van der Waals surface area (Å²) in [6.45, 7) is 0.784. The topological polar surface area (TPSA) is 62.3 Å². The first-order valence-corrected chi connectivity index (χ1v) is 7.97. The Morgan fingerprint density at radius 2 is 2.12 bits per heavy atom. The fourth-order valence-corrected chi connectivity index (χ4v) is 2.62. The number of rotatable bonds is 5. The lowest BCUT2D eigenvalue weighted by Crippen LogP contribution is -2.33. The summed E-state index contributed by atoms with van der Waals surface area (Å²) in [5.74, 6) is -0.117. The lowest BCUT2D eigenvalue weighted by atomic mass is 10.1. The molecule has 0 spiro atoms. The molecule has 122 valence electrons. The molecule has 0 unspecified atom stereocenters. The number of likely N-dealkylation sites (tertiary alicyclic amines) is 1. The number of carbonyl (C=O) groups excluding carboxylic acids is 2. The molecule has 24 heavy (non-hydrogen) atoms. The number of amides is 2. The Bertz CT molecular complexity index is 756.